The number of amides is 1. The smallest absolute Gasteiger partial charge is 0.376 e. The molecule has 3 nitrogen and oxygen atoms in total. The average Bonchev–Trinajstić information content (AvgIpc) is 2.59. The summed E-state index contributed by atoms with van der Waals surface area (Å²) in [4.78, 5) is 14.0. The fourth-order valence-electron chi connectivity index (χ4n) is 2.80. The van der Waals surface area contributed by atoms with Crippen molar-refractivity contribution in [2.45, 2.75) is 19.1 Å². The maximum absolute atomic E-state index is 12.7. The van der Waals surface area contributed by atoms with Crippen LogP contribution >= 0.6 is 0 Å². The van der Waals surface area contributed by atoms with E-state index in [1.807, 2.05) is 18.2 Å². The van der Waals surface area contributed by atoms with Gasteiger partial charge < -0.3 is 10.2 Å². The number of benzene rings is 2. The van der Waals surface area contributed by atoms with Crippen molar-refractivity contribution in [2.75, 3.05) is 18.4 Å². The minimum atomic E-state index is -4.39. The van der Waals surface area contributed by atoms with Crippen LogP contribution in [0.2, 0.25) is 0 Å². The van der Waals surface area contributed by atoms with Crippen molar-refractivity contribution in [1.29, 1.82) is 0 Å². The number of nitrogens with zero attached hydrogens (tertiary/aromatic N) is 1. The number of hydrogen-bond acceptors (Lipinski definition) is 2. The molecule has 0 unspecified atom stereocenters. The van der Waals surface area contributed by atoms with Crippen molar-refractivity contribution in [3.63, 3.8) is 0 Å². The van der Waals surface area contributed by atoms with Gasteiger partial charge in [-0.25, -0.2) is 0 Å². The van der Waals surface area contributed by atoms with Crippen LogP contribution in [0.4, 0.5) is 18.9 Å². The molecule has 3 rings (SSSR count). The third kappa shape index (κ3) is 3.69. The van der Waals surface area contributed by atoms with Crippen molar-refractivity contribution >= 4 is 11.6 Å². The van der Waals surface area contributed by atoms with Crippen LogP contribution in [0.1, 0.15) is 16.7 Å². The molecule has 2 aromatic rings. The van der Waals surface area contributed by atoms with E-state index in [2.05, 4.69) is 11.4 Å². The number of nitrogens with one attached hydrogen (secondary N) is 1. The zero-order valence-corrected chi connectivity index (χ0v) is 12.9. The van der Waals surface area contributed by atoms with Gasteiger partial charge in [0.25, 0.3) is 0 Å². The number of hydrogen-bond donors (Lipinski definition) is 1. The Morgan fingerprint density at radius 3 is 2.58 bits per heavy atom. The van der Waals surface area contributed by atoms with Crippen LogP contribution < -0.4 is 5.32 Å². The molecule has 0 fully saturated rings. The molecule has 0 saturated heterocycles. The molecule has 0 aliphatic carbocycles. The second-order valence-corrected chi connectivity index (χ2v) is 5.77. The predicted octanol–water partition coefficient (Wildman–Crippen LogP) is 3.70. The number of carbonyl (C=O) groups excluding carboxylic acids is 1. The second kappa shape index (κ2) is 6.55. The summed E-state index contributed by atoms with van der Waals surface area (Å²) in [5.41, 5.74) is 1.92. The summed E-state index contributed by atoms with van der Waals surface area (Å²) in [5, 5.41) is 2.79. The van der Waals surface area contributed by atoms with Crippen LogP contribution in [0.3, 0.4) is 0 Å². The highest BCUT2D eigenvalue weighted by Gasteiger charge is 2.30. The summed E-state index contributed by atoms with van der Waals surface area (Å²) < 4.78 is 38.1. The Bertz CT molecular complexity index is 743. The fraction of sp³-hybridized carbons (Fsp3) is 0.278. The minimum Gasteiger partial charge on any atom is -0.376 e. The van der Waals surface area contributed by atoms with E-state index in [0.29, 0.717) is 13.1 Å². The monoisotopic (exact) mass is 334 g/mol. The van der Waals surface area contributed by atoms with Crippen molar-refractivity contribution in [1.82, 2.24) is 4.90 Å². The molecule has 0 bridgehead atoms. The summed E-state index contributed by atoms with van der Waals surface area (Å²) in [7, 11) is 0. The van der Waals surface area contributed by atoms with Gasteiger partial charge in [-0.05, 0) is 35.7 Å². The van der Waals surface area contributed by atoms with Gasteiger partial charge in [0.1, 0.15) is 0 Å². The highest BCUT2D eigenvalue weighted by molar-refractivity contribution is 5.81. The lowest BCUT2D eigenvalue weighted by Gasteiger charge is -2.29. The maximum atomic E-state index is 12.7. The van der Waals surface area contributed by atoms with Crippen LogP contribution in [0, 0.1) is 0 Å². The van der Waals surface area contributed by atoms with Crippen LogP contribution in [-0.2, 0) is 23.9 Å². The molecule has 1 heterocycles. The average molecular weight is 334 g/mol. The van der Waals surface area contributed by atoms with E-state index in [4.69, 9.17) is 0 Å². The number of fused-ring (bicyclic) bond motifs is 1. The highest BCUT2D eigenvalue weighted by Crippen LogP contribution is 2.30. The zero-order chi connectivity index (χ0) is 17.2. The van der Waals surface area contributed by atoms with E-state index < -0.39 is 11.7 Å². The summed E-state index contributed by atoms with van der Waals surface area (Å²) in [6.45, 7) is 1.14. The first kappa shape index (κ1) is 16.4. The lowest BCUT2D eigenvalue weighted by Crippen LogP contribution is -2.39. The topological polar surface area (TPSA) is 32.3 Å². The van der Waals surface area contributed by atoms with E-state index in [1.54, 1.807) is 4.90 Å². The zero-order valence-electron chi connectivity index (χ0n) is 12.9. The van der Waals surface area contributed by atoms with E-state index in [1.165, 1.54) is 17.7 Å². The Hall–Kier alpha value is -2.50. The first-order chi connectivity index (χ1) is 11.4. The molecule has 0 atom stereocenters. The van der Waals surface area contributed by atoms with Crippen molar-refractivity contribution in [3.05, 3.63) is 65.2 Å². The second-order valence-electron chi connectivity index (χ2n) is 5.77. The predicted molar refractivity (Wildman–Crippen MR) is 85.5 cm³/mol. The van der Waals surface area contributed by atoms with Crippen molar-refractivity contribution in [2.24, 2.45) is 0 Å². The number of rotatable bonds is 3. The van der Waals surface area contributed by atoms with Gasteiger partial charge in [0.15, 0.2) is 0 Å². The molecule has 0 aromatic heterocycles. The van der Waals surface area contributed by atoms with Gasteiger partial charge in [0.2, 0.25) is 5.91 Å². The maximum Gasteiger partial charge on any atom is 0.416 e. The third-order valence-electron chi connectivity index (χ3n) is 4.12. The Morgan fingerprint density at radius 2 is 1.83 bits per heavy atom. The first-order valence-corrected chi connectivity index (χ1v) is 7.69. The summed E-state index contributed by atoms with van der Waals surface area (Å²) in [6, 6.07) is 12.8. The van der Waals surface area contributed by atoms with Gasteiger partial charge in [-0.3, -0.25) is 4.79 Å². The third-order valence-corrected chi connectivity index (χ3v) is 4.12. The standard InChI is InChI=1S/C18H17F3N2O/c19-18(20,21)15-6-3-7-16(10-15)22-11-17(24)23-9-8-13-4-1-2-5-14(13)12-23/h1-7,10,22H,8-9,11-12H2. The van der Waals surface area contributed by atoms with Gasteiger partial charge in [-0.2, -0.15) is 13.2 Å². The minimum absolute atomic E-state index is 0.0243. The molecule has 2 aromatic carbocycles. The van der Waals surface area contributed by atoms with E-state index >= 15 is 0 Å². The van der Waals surface area contributed by atoms with E-state index in [0.717, 1.165) is 24.1 Å². The van der Waals surface area contributed by atoms with E-state index in [9.17, 15) is 18.0 Å². The van der Waals surface area contributed by atoms with Gasteiger partial charge in [0.05, 0.1) is 12.1 Å². The molecule has 0 saturated carbocycles. The van der Waals surface area contributed by atoms with Crippen LogP contribution in [0.5, 0.6) is 0 Å². The molecule has 1 amide bonds. The van der Waals surface area contributed by atoms with Gasteiger partial charge >= 0.3 is 6.18 Å². The van der Waals surface area contributed by atoms with Gasteiger partial charge in [-0.15, -0.1) is 0 Å². The molecule has 1 aliphatic rings. The molecule has 1 aliphatic heterocycles. The molecule has 24 heavy (non-hydrogen) atoms. The highest BCUT2D eigenvalue weighted by atomic mass is 19.4. The summed E-state index contributed by atoms with van der Waals surface area (Å²) in [5.74, 6) is -0.123. The number of anilines is 1. The molecule has 126 valence electrons. The van der Waals surface area contributed by atoms with Gasteiger partial charge in [0, 0.05) is 18.8 Å². The number of carbonyl (C=O) groups is 1. The first-order valence-electron chi connectivity index (χ1n) is 7.69. The fourth-order valence-corrected chi connectivity index (χ4v) is 2.80. The lowest BCUT2D eigenvalue weighted by molar-refractivity contribution is -0.137. The summed E-state index contributed by atoms with van der Waals surface area (Å²) >= 11 is 0. The summed E-state index contributed by atoms with van der Waals surface area (Å²) in [6.07, 6.45) is -3.59. The van der Waals surface area contributed by atoms with Crippen LogP contribution in [0.25, 0.3) is 0 Å². The Morgan fingerprint density at radius 1 is 1.08 bits per heavy atom. The molecule has 0 radical (unpaired) electrons. The Labute approximate surface area is 138 Å². The molecular formula is C18H17F3N2O. The van der Waals surface area contributed by atoms with Crippen LogP contribution in [0.15, 0.2) is 48.5 Å². The Balaban J connectivity index is 1.61. The SMILES string of the molecule is O=C(CNc1cccc(C(F)(F)F)c1)N1CCc2ccccc2C1. The largest absolute Gasteiger partial charge is 0.416 e. The van der Waals surface area contributed by atoms with Crippen LogP contribution in [-0.4, -0.2) is 23.9 Å². The van der Waals surface area contributed by atoms with Gasteiger partial charge in [-0.1, -0.05) is 30.3 Å². The lowest BCUT2D eigenvalue weighted by atomic mass is 10.00. The number of alkyl halides is 3. The number of halogens is 3. The van der Waals surface area contributed by atoms with Crippen molar-refractivity contribution < 1.29 is 18.0 Å². The van der Waals surface area contributed by atoms with E-state index in [-0.39, 0.29) is 18.1 Å². The molecular weight excluding hydrogens is 317 g/mol. The molecule has 6 heteroatoms. The van der Waals surface area contributed by atoms with Crippen molar-refractivity contribution in [3.8, 4) is 0 Å². The Kier molecular flexibility index (Phi) is 4.46. The quantitative estimate of drug-likeness (QED) is 0.928. The molecule has 0 spiro atoms. The normalized spacial score (nSPS) is 14.2. The molecule has 1 N–H and O–H groups in total.